The molecule has 0 fully saturated rings. The van der Waals surface area contributed by atoms with E-state index < -0.39 is 0 Å². The first-order valence-electron chi connectivity index (χ1n) is 5.72. The van der Waals surface area contributed by atoms with E-state index in [9.17, 15) is 4.39 Å². The number of hydrogen-bond acceptors (Lipinski definition) is 2. The number of rotatable bonds is 6. The third kappa shape index (κ3) is 4.14. The van der Waals surface area contributed by atoms with E-state index in [0.29, 0.717) is 5.56 Å². The van der Waals surface area contributed by atoms with E-state index in [1.54, 1.807) is 0 Å². The van der Waals surface area contributed by atoms with Crippen LogP contribution < -0.4 is 5.73 Å². The van der Waals surface area contributed by atoms with Gasteiger partial charge in [-0.1, -0.05) is 32.4 Å². The summed E-state index contributed by atoms with van der Waals surface area (Å²) in [4.78, 5) is 0. The molecule has 1 unspecified atom stereocenters. The quantitative estimate of drug-likeness (QED) is 0.824. The molecule has 0 saturated heterocycles. The number of thioether (sulfide) groups is 1. The van der Waals surface area contributed by atoms with Crippen LogP contribution in [0.4, 0.5) is 4.39 Å². The van der Waals surface area contributed by atoms with E-state index >= 15 is 0 Å². The fourth-order valence-corrected chi connectivity index (χ4v) is 2.54. The van der Waals surface area contributed by atoms with Crippen LogP contribution in [0.1, 0.15) is 31.4 Å². The molecule has 0 aliphatic heterocycles. The molecule has 0 saturated carbocycles. The smallest absolute Gasteiger partial charge is 0.127 e. The van der Waals surface area contributed by atoms with E-state index in [1.165, 1.54) is 12.5 Å². The molecule has 0 bridgehead atoms. The maximum Gasteiger partial charge on any atom is 0.127 e. The summed E-state index contributed by atoms with van der Waals surface area (Å²) in [6.45, 7) is 4.73. The summed E-state index contributed by atoms with van der Waals surface area (Å²) >= 11 is 1.90. The molecule has 0 heterocycles. The Morgan fingerprint density at radius 3 is 2.81 bits per heavy atom. The summed E-state index contributed by atoms with van der Waals surface area (Å²) in [6, 6.07) is 5.23. The van der Waals surface area contributed by atoms with Crippen molar-refractivity contribution >= 4 is 11.8 Å². The Bertz CT molecular complexity index is 328. The predicted octanol–water partition coefficient (Wildman–Crippen LogP) is 3.56. The Balaban J connectivity index is 2.48. The maximum absolute atomic E-state index is 13.2. The lowest BCUT2D eigenvalue weighted by atomic mass is 10.1. The van der Waals surface area contributed by atoms with Gasteiger partial charge in [-0.3, -0.25) is 0 Å². The second kappa shape index (κ2) is 6.92. The second-order valence-electron chi connectivity index (χ2n) is 4.16. The highest BCUT2D eigenvalue weighted by Crippen LogP contribution is 2.19. The SMILES string of the molecule is CCC(C)CSCc1ccc(F)c(CN)c1. The monoisotopic (exact) mass is 241 g/mol. The van der Waals surface area contributed by atoms with Crippen molar-refractivity contribution in [2.75, 3.05) is 5.75 Å². The van der Waals surface area contributed by atoms with Gasteiger partial charge < -0.3 is 5.73 Å². The molecule has 1 aromatic rings. The van der Waals surface area contributed by atoms with Crippen molar-refractivity contribution in [2.24, 2.45) is 11.7 Å². The Morgan fingerprint density at radius 1 is 1.44 bits per heavy atom. The lowest BCUT2D eigenvalue weighted by molar-refractivity contribution is 0.610. The van der Waals surface area contributed by atoms with Crippen LogP contribution in [0.3, 0.4) is 0 Å². The van der Waals surface area contributed by atoms with Gasteiger partial charge >= 0.3 is 0 Å². The van der Waals surface area contributed by atoms with Gasteiger partial charge in [0.1, 0.15) is 5.82 Å². The standard InChI is InChI=1S/C13H20FNS/c1-3-10(2)8-16-9-11-4-5-13(14)12(6-11)7-15/h4-6,10H,3,7-9,15H2,1-2H3. The molecule has 1 atom stereocenters. The zero-order chi connectivity index (χ0) is 12.0. The van der Waals surface area contributed by atoms with Crippen molar-refractivity contribution in [1.82, 2.24) is 0 Å². The van der Waals surface area contributed by atoms with Gasteiger partial charge in [0.2, 0.25) is 0 Å². The first kappa shape index (κ1) is 13.5. The molecule has 2 N–H and O–H groups in total. The highest BCUT2D eigenvalue weighted by Gasteiger charge is 2.03. The fourth-order valence-electron chi connectivity index (χ4n) is 1.37. The maximum atomic E-state index is 13.2. The van der Waals surface area contributed by atoms with Gasteiger partial charge in [0.15, 0.2) is 0 Å². The molecule has 0 aliphatic rings. The molecule has 0 radical (unpaired) electrons. The third-order valence-corrected chi connectivity index (χ3v) is 4.04. The third-order valence-electron chi connectivity index (χ3n) is 2.70. The summed E-state index contributed by atoms with van der Waals surface area (Å²) in [5.74, 6) is 2.65. The largest absolute Gasteiger partial charge is 0.326 e. The topological polar surface area (TPSA) is 26.0 Å². The molecule has 90 valence electrons. The minimum atomic E-state index is -0.196. The highest BCUT2D eigenvalue weighted by molar-refractivity contribution is 7.98. The number of hydrogen-bond donors (Lipinski definition) is 1. The van der Waals surface area contributed by atoms with Crippen molar-refractivity contribution in [1.29, 1.82) is 0 Å². The van der Waals surface area contributed by atoms with Gasteiger partial charge in [-0.05, 0) is 23.3 Å². The lowest BCUT2D eigenvalue weighted by Crippen LogP contribution is -2.01. The normalized spacial score (nSPS) is 12.8. The van der Waals surface area contributed by atoms with E-state index in [0.717, 1.165) is 23.0 Å². The van der Waals surface area contributed by atoms with Crippen LogP contribution in [0.15, 0.2) is 18.2 Å². The van der Waals surface area contributed by atoms with Crippen molar-refractivity contribution < 1.29 is 4.39 Å². The van der Waals surface area contributed by atoms with Crippen LogP contribution in [-0.2, 0) is 12.3 Å². The van der Waals surface area contributed by atoms with Gasteiger partial charge in [-0.15, -0.1) is 0 Å². The predicted molar refractivity (Wildman–Crippen MR) is 69.9 cm³/mol. The van der Waals surface area contributed by atoms with Crippen molar-refractivity contribution in [3.05, 3.63) is 35.1 Å². The molecule has 0 aliphatic carbocycles. The second-order valence-corrected chi connectivity index (χ2v) is 5.19. The van der Waals surface area contributed by atoms with Gasteiger partial charge in [0.25, 0.3) is 0 Å². The fraction of sp³-hybridized carbons (Fsp3) is 0.538. The number of nitrogens with two attached hydrogens (primary N) is 1. The Hall–Kier alpha value is -0.540. The molecular formula is C13H20FNS. The van der Waals surface area contributed by atoms with Crippen LogP contribution in [-0.4, -0.2) is 5.75 Å². The van der Waals surface area contributed by atoms with E-state index in [1.807, 2.05) is 23.9 Å². The lowest BCUT2D eigenvalue weighted by Gasteiger charge is -2.08. The zero-order valence-corrected chi connectivity index (χ0v) is 10.8. The molecule has 1 rings (SSSR count). The van der Waals surface area contributed by atoms with Gasteiger partial charge in [-0.2, -0.15) is 11.8 Å². The molecule has 0 amide bonds. The Kier molecular flexibility index (Phi) is 5.85. The number of halogens is 1. The average Bonchev–Trinajstić information content (AvgIpc) is 2.31. The first-order valence-corrected chi connectivity index (χ1v) is 6.88. The molecule has 0 aromatic heterocycles. The summed E-state index contributed by atoms with van der Waals surface area (Å²) in [5, 5.41) is 0. The zero-order valence-electron chi connectivity index (χ0n) is 10.0. The van der Waals surface area contributed by atoms with Crippen LogP contribution >= 0.6 is 11.8 Å². The summed E-state index contributed by atoms with van der Waals surface area (Å²) < 4.78 is 13.2. The Morgan fingerprint density at radius 2 is 2.19 bits per heavy atom. The molecular weight excluding hydrogens is 221 g/mol. The molecule has 16 heavy (non-hydrogen) atoms. The van der Waals surface area contributed by atoms with Gasteiger partial charge in [0, 0.05) is 17.9 Å². The first-order chi connectivity index (χ1) is 7.67. The minimum absolute atomic E-state index is 0.196. The average molecular weight is 241 g/mol. The van der Waals surface area contributed by atoms with E-state index in [2.05, 4.69) is 13.8 Å². The minimum Gasteiger partial charge on any atom is -0.326 e. The van der Waals surface area contributed by atoms with Crippen LogP contribution in [0.2, 0.25) is 0 Å². The van der Waals surface area contributed by atoms with Crippen molar-refractivity contribution in [3.63, 3.8) is 0 Å². The molecule has 0 spiro atoms. The summed E-state index contributed by atoms with van der Waals surface area (Å²) in [7, 11) is 0. The van der Waals surface area contributed by atoms with Crippen molar-refractivity contribution in [2.45, 2.75) is 32.6 Å². The Labute approximate surface area is 102 Å². The van der Waals surface area contributed by atoms with Gasteiger partial charge in [-0.25, -0.2) is 4.39 Å². The van der Waals surface area contributed by atoms with Crippen molar-refractivity contribution in [3.8, 4) is 0 Å². The number of benzene rings is 1. The molecule has 1 aromatic carbocycles. The van der Waals surface area contributed by atoms with Gasteiger partial charge in [0.05, 0.1) is 0 Å². The molecule has 3 heteroatoms. The molecule has 1 nitrogen and oxygen atoms in total. The van der Waals surface area contributed by atoms with Crippen LogP contribution in [0.25, 0.3) is 0 Å². The van der Waals surface area contributed by atoms with Crippen LogP contribution in [0.5, 0.6) is 0 Å². The van der Waals surface area contributed by atoms with E-state index in [-0.39, 0.29) is 12.4 Å². The highest BCUT2D eigenvalue weighted by atomic mass is 32.2. The van der Waals surface area contributed by atoms with Crippen LogP contribution in [0, 0.1) is 11.7 Å². The van der Waals surface area contributed by atoms with E-state index in [4.69, 9.17) is 5.73 Å². The summed E-state index contributed by atoms with van der Waals surface area (Å²) in [5.41, 5.74) is 7.25. The summed E-state index contributed by atoms with van der Waals surface area (Å²) in [6.07, 6.45) is 1.21.